The quantitative estimate of drug-likeness (QED) is 0.568. The number of hydrogen-bond acceptors (Lipinski definition) is 4. The van der Waals surface area contributed by atoms with E-state index in [1.807, 2.05) is 6.92 Å². The molecule has 0 radical (unpaired) electrons. The van der Waals surface area contributed by atoms with Gasteiger partial charge < -0.3 is 9.84 Å². The number of nitrogens with zero attached hydrogens (tertiary/aromatic N) is 1. The summed E-state index contributed by atoms with van der Waals surface area (Å²) < 4.78 is 5.24. The molecule has 0 spiro atoms. The first kappa shape index (κ1) is 20.0. The van der Waals surface area contributed by atoms with Gasteiger partial charge in [-0.2, -0.15) is 5.26 Å². The second-order valence-corrected chi connectivity index (χ2v) is 10.2. The van der Waals surface area contributed by atoms with E-state index in [0.29, 0.717) is 24.4 Å². The van der Waals surface area contributed by atoms with Gasteiger partial charge in [-0.05, 0) is 92.8 Å². The molecular weight excluding hydrogens is 350 g/mol. The van der Waals surface area contributed by atoms with Crippen molar-refractivity contribution >= 4 is 5.97 Å². The predicted octanol–water partition coefficient (Wildman–Crippen LogP) is 4.63. The molecule has 4 heteroatoms. The summed E-state index contributed by atoms with van der Waals surface area (Å²) in [5.41, 5.74) is 1.79. The third-order valence-corrected chi connectivity index (χ3v) is 9.23. The number of hydrogen-bond donors (Lipinski definition) is 1. The zero-order valence-corrected chi connectivity index (χ0v) is 17.6. The molecule has 0 heterocycles. The summed E-state index contributed by atoms with van der Waals surface area (Å²) in [4.78, 5) is 12.5. The summed E-state index contributed by atoms with van der Waals surface area (Å²) >= 11 is 0. The molecular formula is C24H35NO3. The maximum atomic E-state index is 12.5. The first-order chi connectivity index (χ1) is 13.3. The Kier molecular flexibility index (Phi) is 5.11. The highest BCUT2D eigenvalue weighted by molar-refractivity contribution is 5.75. The molecule has 4 aliphatic carbocycles. The maximum absolute atomic E-state index is 12.5. The molecule has 0 aromatic heterocycles. The zero-order valence-electron chi connectivity index (χ0n) is 17.6. The number of fused-ring (bicyclic) bond motifs is 5. The third-order valence-electron chi connectivity index (χ3n) is 9.23. The first-order valence-electron chi connectivity index (χ1n) is 11.3. The fraction of sp³-hybridized carbons (Fsp3) is 0.833. The highest BCUT2D eigenvalue weighted by atomic mass is 16.5. The van der Waals surface area contributed by atoms with E-state index in [1.54, 1.807) is 0 Å². The molecule has 4 rings (SSSR count). The van der Waals surface area contributed by atoms with Crippen molar-refractivity contribution in [3.05, 3.63) is 11.6 Å². The molecule has 4 nitrogen and oxygen atoms in total. The SMILES string of the molecule is CCOC(=O)C(C#N)[C@H]1CC[C@H]2[C@@H]3CC=C4C[C@@H](O)CC[C@]4(C)[C@H]3CC[C@]12C. The van der Waals surface area contributed by atoms with Gasteiger partial charge >= 0.3 is 5.97 Å². The van der Waals surface area contributed by atoms with Crippen LogP contribution in [0.25, 0.3) is 0 Å². The first-order valence-corrected chi connectivity index (χ1v) is 11.3. The molecule has 28 heavy (non-hydrogen) atoms. The van der Waals surface area contributed by atoms with Gasteiger partial charge in [0.25, 0.3) is 0 Å². The number of nitriles is 1. The Bertz CT molecular complexity index is 709. The van der Waals surface area contributed by atoms with E-state index in [0.717, 1.165) is 44.9 Å². The number of rotatable bonds is 3. The second kappa shape index (κ2) is 7.17. The van der Waals surface area contributed by atoms with Crippen molar-refractivity contribution in [3.63, 3.8) is 0 Å². The molecule has 0 amide bonds. The van der Waals surface area contributed by atoms with Gasteiger partial charge in [0, 0.05) is 0 Å². The number of ether oxygens (including phenoxy) is 1. The fourth-order valence-electron chi connectivity index (χ4n) is 7.77. The van der Waals surface area contributed by atoms with Crippen molar-refractivity contribution in [2.45, 2.75) is 78.2 Å². The van der Waals surface area contributed by atoms with Crippen molar-refractivity contribution < 1.29 is 14.6 Å². The number of aliphatic hydroxyl groups is 1. The van der Waals surface area contributed by atoms with Gasteiger partial charge in [0.15, 0.2) is 0 Å². The van der Waals surface area contributed by atoms with E-state index in [4.69, 9.17) is 4.74 Å². The van der Waals surface area contributed by atoms with Crippen LogP contribution in [0.1, 0.15) is 72.1 Å². The number of carbonyl (C=O) groups excluding carboxylic acids is 1. The normalized spacial score (nSPS) is 45.7. The van der Waals surface area contributed by atoms with E-state index in [-0.39, 0.29) is 28.8 Å². The topological polar surface area (TPSA) is 70.3 Å². The van der Waals surface area contributed by atoms with Crippen LogP contribution in [0.3, 0.4) is 0 Å². The molecule has 3 saturated carbocycles. The van der Waals surface area contributed by atoms with Crippen LogP contribution in [-0.4, -0.2) is 23.8 Å². The smallest absolute Gasteiger partial charge is 0.323 e. The van der Waals surface area contributed by atoms with E-state index in [1.165, 1.54) is 12.0 Å². The van der Waals surface area contributed by atoms with Gasteiger partial charge in [-0.3, -0.25) is 4.79 Å². The average Bonchev–Trinajstić information content (AvgIpc) is 3.00. The van der Waals surface area contributed by atoms with Crippen molar-refractivity contribution in [1.29, 1.82) is 5.26 Å². The number of aliphatic hydroxyl groups excluding tert-OH is 1. The van der Waals surface area contributed by atoms with Gasteiger partial charge in [0.05, 0.1) is 18.8 Å². The molecule has 0 aromatic carbocycles. The van der Waals surface area contributed by atoms with Crippen LogP contribution in [0, 0.1) is 51.8 Å². The maximum Gasteiger partial charge on any atom is 0.323 e. The van der Waals surface area contributed by atoms with Gasteiger partial charge in [-0.1, -0.05) is 25.5 Å². The van der Waals surface area contributed by atoms with Gasteiger partial charge in [0.1, 0.15) is 5.92 Å². The second-order valence-electron chi connectivity index (χ2n) is 10.2. The molecule has 154 valence electrons. The van der Waals surface area contributed by atoms with Crippen molar-refractivity contribution in [2.75, 3.05) is 6.61 Å². The van der Waals surface area contributed by atoms with Crippen molar-refractivity contribution in [3.8, 4) is 6.07 Å². The predicted molar refractivity (Wildman–Crippen MR) is 107 cm³/mol. The Morgan fingerprint density at radius 1 is 1.29 bits per heavy atom. The Morgan fingerprint density at radius 2 is 2.07 bits per heavy atom. The minimum absolute atomic E-state index is 0.0597. The van der Waals surface area contributed by atoms with E-state index >= 15 is 0 Å². The van der Waals surface area contributed by atoms with Crippen LogP contribution >= 0.6 is 0 Å². The molecule has 3 fully saturated rings. The Morgan fingerprint density at radius 3 is 2.79 bits per heavy atom. The lowest BCUT2D eigenvalue weighted by molar-refractivity contribution is -0.150. The van der Waals surface area contributed by atoms with Gasteiger partial charge in [-0.25, -0.2) is 0 Å². The summed E-state index contributed by atoms with van der Waals surface area (Å²) in [7, 11) is 0. The summed E-state index contributed by atoms with van der Waals surface area (Å²) in [6.45, 7) is 6.94. The van der Waals surface area contributed by atoms with Crippen LogP contribution in [0.2, 0.25) is 0 Å². The molecule has 4 aliphatic rings. The summed E-state index contributed by atoms with van der Waals surface area (Å²) in [5.74, 6) is 1.09. The zero-order chi connectivity index (χ0) is 20.1. The largest absolute Gasteiger partial charge is 0.465 e. The van der Waals surface area contributed by atoms with Crippen LogP contribution in [0.5, 0.6) is 0 Å². The van der Waals surface area contributed by atoms with Gasteiger partial charge in [-0.15, -0.1) is 0 Å². The Balaban J connectivity index is 1.60. The lowest BCUT2D eigenvalue weighted by atomic mass is 9.47. The Hall–Kier alpha value is -1.34. The molecule has 0 aromatic rings. The summed E-state index contributed by atoms with van der Waals surface area (Å²) in [6, 6.07) is 2.30. The summed E-state index contributed by atoms with van der Waals surface area (Å²) in [5, 5.41) is 19.9. The molecule has 0 bridgehead atoms. The molecule has 8 atom stereocenters. The van der Waals surface area contributed by atoms with Crippen LogP contribution in [0.15, 0.2) is 11.6 Å². The van der Waals surface area contributed by atoms with E-state index in [2.05, 4.69) is 26.0 Å². The highest BCUT2D eigenvalue weighted by Gasteiger charge is 2.60. The number of carbonyl (C=O) groups is 1. The van der Waals surface area contributed by atoms with E-state index < -0.39 is 5.92 Å². The fourth-order valence-corrected chi connectivity index (χ4v) is 7.77. The molecule has 0 saturated heterocycles. The molecule has 1 N–H and O–H groups in total. The van der Waals surface area contributed by atoms with Crippen LogP contribution in [-0.2, 0) is 9.53 Å². The monoisotopic (exact) mass is 385 g/mol. The van der Waals surface area contributed by atoms with E-state index in [9.17, 15) is 15.2 Å². The lowest BCUT2D eigenvalue weighted by Gasteiger charge is -2.58. The average molecular weight is 386 g/mol. The van der Waals surface area contributed by atoms with Crippen LogP contribution < -0.4 is 0 Å². The summed E-state index contributed by atoms with van der Waals surface area (Å²) in [6.07, 6.45) is 10.6. The minimum Gasteiger partial charge on any atom is -0.465 e. The highest BCUT2D eigenvalue weighted by Crippen LogP contribution is 2.67. The van der Waals surface area contributed by atoms with Crippen LogP contribution in [0.4, 0.5) is 0 Å². The van der Waals surface area contributed by atoms with Gasteiger partial charge in [0.2, 0.25) is 0 Å². The number of allylic oxidation sites excluding steroid dienone is 1. The lowest BCUT2D eigenvalue weighted by Crippen LogP contribution is -2.51. The number of esters is 1. The van der Waals surface area contributed by atoms with Crippen molar-refractivity contribution in [2.24, 2.45) is 40.4 Å². The minimum atomic E-state index is -0.624. The standard InChI is InChI=1S/C24H35NO3/c1-4-28-22(27)18(14-25)20-8-7-19-17-6-5-15-13-16(26)9-11-23(15,2)21(17)10-12-24(19,20)3/h5,16-21,26H,4,6-13H2,1-3H3/t16-,17-,18?,19-,20+,21-,23-,24-/m0/s1. The third kappa shape index (κ3) is 2.84. The molecule has 1 unspecified atom stereocenters. The Labute approximate surface area is 169 Å². The van der Waals surface area contributed by atoms with Crippen molar-refractivity contribution in [1.82, 2.24) is 0 Å². The molecule has 0 aliphatic heterocycles.